The molecule has 2 rings (SSSR count). The summed E-state index contributed by atoms with van der Waals surface area (Å²) in [5.74, 6) is 1.41. The first-order chi connectivity index (χ1) is 12.0. The van der Waals surface area contributed by atoms with Gasteiger partial charge in [0.1, 0.15) is 17.3 Å². The first kappa shape index (κ1) is 18.7. The van der Waals surface area contributed by atoms with E-state index in [9.17, 15) is 4.39 Å². The number of hydrogen-bond donors (Lipinski definition) is 2. The van der Waals surface area contributed by atoms with E-state index in [1.54, 1.807) is 19.2 Å². The predicted octanol–water partition coefficient (Wildman–Crippen LogP) is 3.37. The van der Waals surface area contributed by atoms with E-state index in [4.69, 9.17) is 15.2 Å². The zero-order chi connectivity index (χ0) is 18.2. The number of benzene rings is 2. The van der Waals surface area contributed by atoms with Crippen LogP contribution >= 0.6 is 0 Å². The Kier molecular flexibility index (Phi) is 6.77. The number of aryl methyl sites for hydroxylation is 1. The Hall–Kier alpha value is -2.60. The fourth-order valence-electron chi connectivity index (χ4n) is 2.32. The number of nitrogens with zero attached hydrogens (tertiary/aromatic N) is 1. The lowest BCUT2D eigenvalue weighted by molar-refractivity contribution is 0.179. The van der Waals surface area contributed by atoms with E-state index in [1.165, 1.54) is 12.1 Å². The first-order valence-electron chi connectivity index (χ1n) is 8.06. The van der Waals surface area contributed by atoms with E-state index in [2.05, 4.69) is 10.3 Å². The van der Waals surface area contributed by atoms with Crippen LogP contribution in [0.15, 0.2) is 47.5 Å². The van der Waals surface area contributed by atoms with E-state index in [-0.39, 0.29) is 11.9 Å². The van der Waals surface area contributed by atoms with Crippen LogP contribution < -0.4 is 15.8 Å². The van der Waals surface area contributed by atoms with Crippen molar-refractivity contribution in [3.8, 4) is 11.5 Å². The van der Waals surface area contributed by atoms with Crippen LogP contribution in [0.3, 0.4) is 0 Å². The molecule has 25 heavy (non-hydrogen) atoms. The molecule has 6 heteroatoms. The molecule has 0 saturated heterocycles. The molecule has 0 aliphatic rings. The van der Waals surface area contributed by atoms with Gasteiger partial charge >= 0.3 is 0 Å². The molecule has 134 valence electrons. The number of ether oxygens (including phenoxy) is 2. The molecule has 2 aromatic rings. The van der Waals surface area contributed by atoms with E-state index in [0.717, 1.165) is 16.9 Å². The normalized spacial score (nSPS) is 12.7. The van der Waals surface area contributed by atoms with Crippen molar-refractivity contribution in [1.82, 2.24) is 5.32 Å². The quantitative estimate of drug-likeness (QED) is 0.596. The molecule has 0 radical (unpaired) electrons. The lowest BCUT2D eigenvalue weighted by atomic mass is 10.1. The second-order valence-electron chi connectivity index (χ2n) is 5.86. The van der Waals surface area contributed by atoms with Crippen molar-refractivity contribution in [2.75, 3.05) is 13.7 Å². The van der Waals surface area contributed by atoms with E-state index in [1.807, 2.05) is 32.0 Å². The topological polar surface area (TPSA) is 68.9 Å². The number of halogens is 1. The summed E-state index contributed by atoms with van der Waals surface area (Å²) in [6, 6.07) is 11.8. The Bertz CT molecular complexity index is 717. The molecule has 1 atom stereocenters. The van der Waals surface area contributed by atoms with Gasteiger partial charge in [-0.25, -0.2) is 9.38 Å². The number of methoxy groups -OCH3 is 1. The van der Waals surface area contributed by atoms with Crippen LogP contribution in [-0.4, -0.2) is 25.7 Å². The third-order valence-electron chi connectivity index (χ3n) is 3.52. The smallest absolute Gasteiger partial charge is 0.189 e. The highest BCUT2D eigenvalue weighted by molar-refractivity contribution is 5.78. The van der Waals surface area contributed by atoms with Gasteiger partial charge in [-0.1, -0.05) is 12.1 Å². The highest BCUT2D eigenvalue weighted by Crippen LogP contribution is 2.26. The summed E-state index contributed by atoms with van der Waals surface area (Å²) in [6.07, 6.45) is 0. The Morgan fingerprint density at radius 2 is 1.96 bits per heavy atom. The van der Waals surface area contributed by atoms with Crippen molar-refractivity contribution in [1.29, 1.82) is 0 Å². The number of guanidine groups is 1. The second-order valence-corrected chi connectivity index (χ2v) is 5.86. The summed E-state index contributed by atoms with van der Waals surface area (Å²) in [4.78, 5) is 4.33. The molecule has 0 spiro atoms. The van der Waals surface area contributed by atoms with Crippen LogP contribution in [0.5, 0.6) is 11.5 Å². The SMILES string of the molecule is COCC(C)NC(N)=NCc1ccc(Oc2ccc(F)cc2)c(C)c1. The van der Waals surface area contributed by atoms with Crippen LogP contribution in [0, 0.1) is 12.7 Å². The van der Waals surface area contributed by atoms with Crippen LogP contribution in [-0.2, 0) is 11.3 Å². The fraction of sp³-hybridized carbons (Fsp3) is 0.316. The molecule has 0 aliphatic carbocycles. The molecule has 5 nitrogen and oxygen atoms in total. The summed E-state index contributed by atoms with van der Waals surface area (Å²) in [7, 11) is 1.64. The Balaban J connectivity index is 1.97. The van der Waals surface area contributed by atoms with Crippen LogP contribution in [0.4, 0.5) is 4.39 Å². The van der Waals surface area contributed by atoms with Crippen molar-refractivity contribution < 1.29 is 13.9 Å². The Morgan fingerprint density at radius 1 is 1.24 bits per heavy atom. The molecule has 1 unspecified atom stereocenters. The summed E-state index contributed by atoms with van der Waals surface area (Å²) in [5, 5.41) is 3.06. The third kappa shape index (κ3) is 6.08. The average molecular weight is 345 g/mol. The summed E-state index contributed by atoms with van der Waals surface area (Å²) < 4.78 is 23.8. The van der Waals surface area contributed by atoms with Crippen molar-refractivity contribution in [2.24, 2.45) is 10.7 Å². The van der Waals surface area contributed by atoms with Gasteiger partial charge in [0.2, 0.25) is 0 Å². The standard InChI is InChI=1S/C19H24FN3O2/c1-13-10-15(11-22-19(21)23-14(2)12-24-3)4-9-18(13)25-17-7-5-16(20)6-8-17/h4-10,14H,11-12H2,1-3H3,(H3,21,22,23). The van der Waals surface area contributed by atoms with Gasteiger partial charge in [-0.15, -0.1) is 0 Å². The highest BCUT2D eigenvalue weighted by Gasteiger charge is 2.05. The molecule has 0 aliphatic heterocycles. The maximum absolute atomic E-state index is 12.9. The van der Waals surface area contributed by atoms with Crippen LogP contribution in [0.1, 0.15) is 18.1 Å². The van der Waals surface area contributed by atoms with Crippen LogP contribution in [0.2, 0.25) is 0 Å². The lowest BCUT2D eigenvalue weighted by Crippen LogP contribution is -2.40. The number of rotatable bonds is 7. The van der Waals surface area contributed by atoms with E-state index < -0.39 is 0 Å². The second kappa shape index (κ2) is 9.03. The number of aliphatic imine (C=N–C) groups is 1. The molecule has 0 bridgehead atoms. The van der Waals surface area contributed by atoms with Crippen molar-refractivity contribution in [2.45, 2.75) is 26.4 Å². The number of nitrogens with two attached hydrogens (primary N) is 1. The largest absolute Gasteiger partial charge is 0.457 e. The van der Waals surface area contributed by atoms with Gasteiger partial charge in [0, 0.05) is 13.2 Å². The molecule has 0 amide bonds. The molecular formula is C19H24FN3O2. The average Bonchev–Trinajstić information content (AvgIpc) is 2.57. The summed E-state index contributed by atoms with van der Waals surface area (Å²) >= 11 is 0. The Labute approximate surface area is 147 Å². The van der Waals surface area contributed by atoms with Gasteiger partial charge in [0.15, 0.2) is 5.96 Å². The minimum Gasteiger partial charge on any atom is -0.457 e. The van der Waals surface area contributed by atoms with Gasteiger partial charge in [-0.2, -0.15) is 0 Å². The summed E-state index contributed by atoms with van der Waals surface area (Å²) in [6.45, 7) is 4.95. The van der Waals surface area contributed by atoms with Crippen LogP contribution in [0.25, 0.3) is 0 Å². The third-order valence-corrected chi connectivity index (χ3v) is 3.52. The zero-order valence-corrected chi connectivity index (χ0v) is 14.8. The molecule has 3 N–H and O–H groups in total. The molecule has 0 aromatic heterocycles. The van der Waals surface area contributed by atoms with Crippen molar-refractivity contribution >= 4 is 5.96 Å². The predicted molar refractivity (Wildman–Crippen MR) is 97.5 cm³/mol. The summed E-state index contributed by atoms with van der Waals surface area (Å²) in [5.41, 5.74) is 7.85. The van der Waals surface area contributed by atoms with Gasteiger partial charge in [-0.05, 0) is 55.3 Å². The van der Waals surface area contributed by atoms with Gasteiger partial charge in [-0.3, -0.25) is 0 Å². The zero-order valence-electron chi connectivity index (χ0n) is 14.8. The van der Waals surface area contributed by atoms with Crippen molar-refractivity contribution in [3.63, 3.8) is 0 Å². The number of hydrogen-bond acceptors (Lipinski definition) is 3. The lowest BCUT2D eigenvalue weighted by Gasteiger charge is -2.13. The Morgan fingerprint density at radius 3 is 2.60 bits per heavy atom. The van der Waals surface area contributed by atoms with E-state index in [0.29, 0.717) is 24.9 Å². The highest BCUT2D eigenvalue weighted by atomic mass is 19.1. The number of nitrogens with one attached hydrogen (secondary N) is 1. The van der Waals surface area contributed by atoms with Gasteiger partial charge < -0.3 is 20.5 Å². The molecule has 2 aromatic carbocycles. The van der Waals surface area contributed by atoms with Crippen molar-refractivity contribution in [3.05, 3.63) is 59.4 Å². The molecule has 0 heterocycles. The molecule has 0 saturated carbocycles. The maximum atomic E-state index is 12.9. The minimum atomic E-state index is -0.289. The molecule has 0 fully saturated rings. The fourth-order valence-corrected chi connectivity index (χ4v) is 2.32. The monoisotopic (exact) mass is 345 g/mol. The maximum Gasteiger partial charge on any atom is 0.189 e. The van der Waals surface area contributed by atoms with Gasteiger partial charge in [0.25, 0.3) is 0 Å². The minimum absolute atomic E-state index is 0.0990. The molecular weight excluding hydrogens is 321 g/mol. The first-order valence-corrected chi connectivity index (χ1v) is 8.06. The van der Waals surface area contributed by atoms with E-state index >= 15 is 0 Å². The van der Waals surface area contributed by atoms with Gasteiger partial charge in [0.05, 0.1) is 13.2 Å².